The average molecular weight is 316 g/mol. The number of amides is 1. The summed E-state index contributed by atoms with van der Waals surface area (Å²) in [5.74, 6) is 0.689. The first-order chi connectivity index (χ1) is 11.2. The summed E-state index contributed by atoms with van der Waals surface area (Å²) in [6.07, 6.45) is 5.01. The molecule has 1 amide bonds. The minimum absolute atomic E-state index is 0.0210. The summed E-state index contributed by atoms with van der Waals surface area (Å²) in [5, 5.41) is 6.32. The number of carbonyl (C=O) groups excluding carboxylic acids is 2. The second-order valence-corrected chi connectivity index (χ2v) is 6.32. The molecule has 0 aromatic heterocycles. The Morgan fingerprint density at radius 3 is 2.65 bits per heavy atom. The Labute approximate surface area is 139 Å². The molecule has 1 aliphatic heterocycles. The summed E-state index contributed by atoms with van der Waals surface area (Å²) >= 11 is 0. The van der Waals surface area contributed by atoms with Crippen molar-refractivity contribution in [2.45, 2.75) is 45.4 Å². The Balaban J connectivity index is 1.63. The van der Waals surface area contributed by atoms with Gasteiger partial charge in [-0.15, -0.1) is 0 Å². The normalized spacial score (nSPS) is 17.7. The largest absolute Gasteiger partial charge is 0.356 e. The monoisotopic (exact) mass is 316 g/mol. The van der Waals surface area contributed by atoms with Crippen LogP contribution in [-0.2, 0) is 11.2 Å². The lowest BCUT2D eigenvalue weighted by Crippen LogP contribution is -2.33. The smallest absolute Gasteiger partial charge is 0.220 e. The maximum atomic E-state index is 12.1. The third kappa shape index (κ3) is 6.14. The zero-order valence-corrected chi connectivity index (χ0v) is 14.1. The number of hydrogen-bond acceptors (Lipinski definition) is 3. The zero-order valence-electron chi connectivity index (χ0n) is 14.1. The summed E-state index contributed by atoms with van der Waals surface area (Å²) in [6, 6.07) is 7.67. The van der Waals surface area contributed by atoms with E-state index in [9.17, 15) is 9.59 Å². The van der Waals surface area contributed by atoms with Gasteiger partial charge in [0, 0.05) is 24.9 Å². The average Bonchev–Trinajstić information content (AvgIpc) is 2.60. The van der Waals surface area contributed by atoms with Gasteiger partial charge in [0.2, 0.25) is 5.91 Å². The highest BCUT2D eigenvalue weighted by Crippen LogP contribution is 2.13. The van der Waals surface area contributed by atoms with Crippen molar-refractivity contribution in [3.8, 4) is 0 Å². The van der Waals surface area contributed by atoms with Crippen molar-refractivity contribution in [2.75, 3.05) is 19.6 Å². The van der Waals surface area contributed by atoms with Crippen molar-refractivity contribution in [2.24, 2.45) is 5.92 Å². The van der Waals surface area contributed by atoms with E-state index in [0.29, 0.717) is 18.0 Å². The Bertz CT molecular complexity index is 505. The summed E-state index contributed by atoms with van der Waals surface area (Å²) in [7, 11) is 0. The molecule has 126 valence electrons. The molecule has 0 spiro atoms. The number of ketones is 1. The topological polar surface area (TPSA) is 58.2 Å². The Morgan fingerprint density at radius 2 is 2.00 bits per heavy atom. The molecule has 0 bridgehead atoms. The molecule has 1 aromatic rings. The third-order valence-corrected chi connectivity index (χ3v) is 4.54. The van der Waals surface area contributed by atoms with Gasteiger partial charge in [0.05, 0.1) is 0 Å². The van der Waals surface area contributed by atoms with Gasteiger partial charge in [0.25, 0.3) is 0 Å². The summed E-state index contributed by atoms with van der Waals surface area (Å²) in [4.78, 5) is 23.9. The van der Waals surface area contributed by atoms with Crippen LogP contribution in [0, 0.1) is 5.92 Å². The summed E-state index contributed by atoms with van der Waals surface area (Å²) in [6.45, 7) is 4.97. The quantitative estimate of drug-likeness (QED) is 0.725. The van der Waals surface area contributed by atoms with E-state index >= 15 is 0 Å². The third-order valence-electron chi connectivity index (χ3n) is 4.54. The van der Waals surface area contributed by atoms with Crippen LogP contribution in [0.15, 0.2) is 24.3 Å². The number of nitrogens with one attached hydrogen (secondary N) is 2. The van der Waals surface area contributed by atoms with Gasteiger partial charge in [-0.1, -0.05) is 31.2 Å². The first kappa shape index (κ1) is 17.7. The van der Waals surface area contributed by atoms with Gasteiger partial charge in [0.1, 0.15) is 0 Å². The predicted octanol–water partition coefficient (Wildman–Crippen LogP) is 2.72. The van der Waals surface area contributed by atoms with E-state index in [1.165, 1.54) is 18.4 Å². The zero-order chi connectivity index (χ0) is 16.5. The first-order valence-corrected chi connectivity index (χ1v) is 8.78. The van der Waals surface area contributed by atoms with Crippen molar-refractivity contribution in [3.63, 3.8) is 0 Å². The lowest BCUT2D eigenvalue weighted by Gasteiger charge is -2.22. The molecule has 2 N–H and O–H groups in total. The molecule has 1 unspecified atom stereocenters. The molecular formula is C19H28N2O2. The minimum Gasteiger partial charge on any atom is -0.356 e. The van der Waals surface area contributed by atoms with Gasteiger partial charge >= 0.3 is 0 Å². The van der Waals surface area contributed by atoms with Crippen molar-refractivity contribution in [1.29, 1.82) is 0 Å². The molecule has 0 saturated carbocycles. The Morgan fingerprint density at radius 1 is 1.22 bits per heavy atom. The Kier molecular flexibility index (Phi) is 7.27. The molecule has 1 aliphatic rings. The number of hydrogen-bond donors (Lipinski definition) is 2. The number of rotatable bonds is 8. The van der Waals surface area contributed by atoms with Crippen LogP contribution in [0.2, 0.25) is 0 Å². The van der Waals surface area contributed by atoms with E-state index in [2.05, 4.69) is 17.6 Å². The summed E-state index contributed by atoms with van der Waals surface area (Å²) in [5.41, 5.74) is 1.92. The van der Waals surface area contributed by atoms with E-state index < -0.39 is 0 Å². The fourth-order valence-electron chi connectivity index (χ4n) is 2.97. The van der Waals surface area contributed by atoms with Gasteiger partial charge in [-0.25, -0.2) is 0 Å². The van der Waals surface area contributed by atoms with E-state index in [-0.39, 0.29) is 24.5 Å². The van der Waals surface area contributed by atoms with Crippen LogP contribution in [0.4, 0.5) is 0 Å². The van der Waals surface area contributed by atoms with Crippen molar-refractivity contribution in [3.05, 3.63) is 35.4 Å². The molecule has 0 radical (unpaired) electrons. The second-order valence-electron chi connectivity index (χ2n) is 6.32. The number of aryl methyl sites for hydroxylation is 1. The van der Waals surface area contributed by atoms with Crippen LogP contribution in [0.1, 0.15) is 54.9 Å². The van der Waals surface area contributed by atoms with Crippen molar-refractivity contribution in [1.82, 2.24) is 10.6 Å². The SMILES string of the molecule is CCc1ccc(C(=O)CCC(=O)NCCC2CCCNC2)cc1. The van der Waals surface area contributed by atoms with E-state index in [1.54, 1.807) is 0 Å². The number of piperidine rings is 1. The van der Waals surface area contributed by atoms with Gasteiger partial charge in [0.15, 0.2) is 5.78 Å². The van der Waals surface area contributed by atoms with Crippen LogP contribution >= 0.6 is 0 Å². The standard InChI is InChI=1S/C19H28N2O2/c1-2-15-5-7-17(8-6-15)18(22)9-10-19(23)21-13-11-16-4-3-12-20-14-16/h5-8,16,20H,2-4,9-14H2,1H3,(H,21,23). The van der Waals surface area contributed by atoms with E-state index in [0.717, 1.165) is 25.9 Å². The highest BCUT2D eigenvalue weighted by Gasteiger charge is 2.13. The highest BCUT2D eigenvalue weighted by atomic mass is 16.2. The van der Waals surface area contributed by atoms with Crippen LogP contribution in [0.5, 0.6) is 0 Å². The van der Waals surface area contributed by atoms with E-state index in [1.807, 2.05) is 24.3 Å². The maximum absolute atomic E-state index is 12.1. The molecule has 23 heavy (non-hydrogen) atoms. The van der Waals surface area contributed by atoms with Gasteiger partial charge in [-0.2, -0.15) is 0 Å². The second kappa shape index (κ2) is 9.46. The van der Waals surface area contributed by atoms with Crippen LogP contribution in [-0.4, -0.2) is 31.3 Å². The fraction of sp³-hybridized carbons (Fsp3) is 0.579. The Hall–Kier alpha value is -1.68. The number of Topliss-reactive ketones (excluding diaryl/α,β-unsaturated/α-hetero) is 1. The van der Waals surface area contributed by atoms with Crippen LogP contribution in [0.25, 0.3) is 0 Å². The minimum atomic E-state index is -0.0210. The molecule has 0 aliphatic carbocycles. The molecule has 1 saturated heterocycles. The molecule has 1 heterocycles. The molecular weight excluding hydrogens is 288 g/mol. The molecule has 1 aromatic carbocycles. The van der Waals surface area contributed by atoms with Crippen LogP contribution in [0.3, 0.4) is 0 Å². The molecule has 1 fully saturated rings. The molecule has 4 nitrogen and oxygen atoms in total. The van der Waals surface area contributed by atoms with Crippen molar-refractivity contribution < 1.29 is 9.59 Å². The molecule has 1 atom stereocenters. The number of carbonyl (C=O) groups is 2. The number of benzene rings is 1. The van der Waals surface area contributed by atoms with Gasteiger partial charge in [-0.05, 0) is 50.3 Å². The molecule has 4 heteroatoms. The fourth-order valence-corrected chi connectivity index (χ4v) is 2.97. The van der Waals surface area contributed by atoms with Gasteiger partial charge < -0.3 is 10.6 Å². The predicted molar refractivity (Wildman–Crippen MR) is 92.6 cm³/mol. The van der Waals surface area contributed by atoms with E-state index in [4.69, 9.17) is 0 Å². The first-order valence-electron chi connectivity index (χ1n) is 8.78. The van der Waals surface area contributed by atoms with Crippen molar-refractivity contribution >= 4 is 11.7 Å². The molecule has 2 rings (SSSR count). The maximum Gasteiger partial charge on any atom is 0.220 e. The van der Waals surface area contributed by atoms with Gasteiger partial charge in [-0.3, -0.25) is 9.59 Å². The highest BCUT2D eigenvalue weighted by molar-refractivity contribution is 5.97. The summed E-state index contributed by atoms with van der Waals surface area (Å²) < 4.78 is 0. The lowest BCUT2D eigenvalue weighted by molar-refractivity contribution is -0.121. The van der Waals surface area contributed by atoms with Crippen LogP contribution < -0.4 is 10.6 Å². The lowest BCUT2D eigenvalue weighted by atomic mass is 9.96.